The Hall–Kier alpha value is -3.62. The molecule has 0 saturated heterocycles. The zero-order valence-corrected chi connectivity index (χ0v) is 15.5. The van der Waals surface area contributed by atoms with Crippen LogP contribution < -0.4 is 15.8 Å². The smallest absolute Gasteiger partial charge is 0.221 e. The average Bonchev–Trinajstić information content (AvgIpc) is 3.05. The normalized spacial score (nSPS) is 10.2. The molecule has 8 heteroatoms. The second-order valence-electron chi connectivity index (χ2n) is 5.66. The Morgan fingerprint density at radius 2 is 2.11 bits per heavy atom. The van der Waals surface area contributed by atoms with Gasteiger partial charge in [-0.05, 0) is 19.1 Å². The molecule has 0 aliphatic rings. The number of nitrogens with two attached hydrogens (primary N) is 1. The minimum Gasteiger partial charge on any atom is -0.492 e. The maximum Gasteiger partial charge on any atom is 0.221 e. The second kappa shape index (κ2) is 7.32. The minimum absolute atomic E-state index is 0.223. The van der Waals surface area contributed by atoms with Gasteiger partial charge < -0.3 is 15.8 Å². The van der Waals surface area contributed by atoms with E-state index in [9.17, 15) is 10.1 Å². The summed E-state index contributed by atoms with van der Waals surface area (Å²) in [7, 11) is 0. The molecule has 2 aromatic heterocycles. The lowest BCUT2D eigenvalue weighted by Crippen LogP contribution is -2.11. The summed E-state index contributed by atoms with van der Waals surface area (Å²) in [6, 6.07) is 9.35. The van der Waals surface area contributed by atoms with Crippen molar-refractivity contribution in [2.75, 3.05) is 17.7 Å². The largest absolute Gasteiger partial charge is 0.492 e. The van der Waals surface area contributed by atoms with Crippen LogP contribution in [0.2, 0.25) is 0 Å². The van der Waals surface area contributed by atoms with Gasteiger partial charge in [0.25, 0.3) is 0 Å². The number of nitrogens with zero attached hydrogens (tertiary/aromatic N) is 3. The molecule has 0 saturated carbocycles. The summed E-state index contributed by atoms with van der Waals surface area (Å²) in [6.45, 7) is 3.53. The fourth-order valence-corrected chi connectivity index (χ4v) is 3.80. The van der Waals surface area contributed by atoms with Gasteiger partial charge >= 0.3 is 0 Å². The first-order valence-electron chi connectivity index (χ1n) is 8.05. The van der Waals surface area contributed by atoms with Crippen LogP contribution >= 0.6 is 11.3 Å². The predicted octanol–water partition coefficient (Wildman–Crippen LogP) is 3.65. The minimum atomic E-state index is -0.320. The SMILES string of the molecule is CCOc1cc(N)c(-c2cc3cc(C#N)cnc3s2)c(C#N)c1NC(C)=O. The molecule has 0 radical (unpaired) electrons. The highest BCUT2D eigenvalue weighted by Gasteiger charge is 2.21. The third kappa shape index (κ3) is 3.39. The number of ether oxygens (including phenoxy) is 1. The maximum absolute atomic E-state index is 11.6. The van der Waals surface area contributed by atoms with Gasteiger partial charge in [-0.3, -0.25) is 4.79 Å². The van der Waals surface area contributed by atoms with Crippen LogP contribution in [-0.4, -0.2) is 17.5 Å². The first-order valence-corrected chi connectivity index (χ1v) is 8.87. The Morgan fingerprint density at radius 3 is 2.74 bits per heavy atom. The van der Waals surface area contributed by atoms with E-state index in [0.717, 1.165) is 15.1 Å². The van der Waals surface area contributed by atoms with E-state index in [-0.39, 0.29) is 11.5 Å². The molecule has 1 amide bonds. The highest BCUT2D eigenvalue weighted by Crippen LogP contribution is 2.44. The Bertz CT molecular complexity index is 1140. The molecule has 27 heavy (non-hydrogen) atoms. The monoisotopic (exact) mass is 377 g/mol. The van der Waals surface area contributed by atoms with Gasteiger partial charge in [0.05, 0.1) is 17.7 Å². The number of nitrogens with one attached hydrogen (secondary N) is 1. The molecule has 0 aliphatic heterocycles. The van der Waals surface area contributed by atoms with Gasteiger partial charge in [0, 0.05) is 40.7 Å². The number of thiophene rings is 1. The molecule has 3 N–H and O–H groups in total. The molecular weight excluding hydrogens is 362 g/mol. The molecule has 134 valence electrons. The molecule has 0 aliphatic carbocycles. The summed E-state index contributed by atoms with van der Waals surface area (Å²) in [5.41, 5.74) is 8.05. The lowest BCUT2D eigenvalue weighted by molar-refractivity contribution is -0.114. The zero-order chi connectivity index (χ0) is 19.6. The van der Waals surface area contributed by atoms with Gasteiger partial charge in [-0.2, -0.15) is 10.5 Å². The summed E-state index contributed by atoms with van der Waals surface area (Å²) in [5, 5.41) is 22.3. The molecule has 0 spiro atoms. The van der Waals surface area contributed by atoms with Crippen LogP contribution in [-0.2, 0) is 4.79 Å². The molecule has 0 atom stereocenters. The van der Waals surface area contributed by atoms with Crippen LogP contribution in [0.1, 0.15) is 25.0 Å². The lowest BCUT2D eigenvalue weighted by atomic mass is 10.0. The van der Waals surface area contributed by atoms with Crippen molar-refractivity contribution >= 4 is 38.8 Å². The maximum atomic E-state index is 11.6. The van der Waals surface area contributed by atoms with Crippen LogP contribution in [0.5, 0.6) is 5.75 Å². The van der Waals surface area contributed by atoms with Crippen molar-refractivity contribution in [1.29, 1.82) is 10.5 Å². The number of fused-ring (bicyclic) bond motifs is 1. The molecular formula is C19H15N5O2S. The van der Waals surface area contributed by atoms with E-state index in [1.807, 2.05) is 6.07 Å². The van der Waals surface area contributed by atoms with Crippen LogP contribution in [0.15, 0.2) is 24.4 Å². The molecule has 2 heterocycles. The van der Waals surface area contributed by atoms with E-state index >= 15 is 0 Å². The Morgan fingerprint density at radius 1 is 1.33 bits per heavy atom. The van der Waals surface area contributed by atoms with Gasteiger partial charge in [-0.1, -0.05) is 0 Å². The summed E-state index contributed by atoms with van der Waals surface area (Å²) >= 11 is 1.35. The number of hydrogen-bond donors (Lipinski definition) is 2. The van der Waals surface area contributed by atoms with Gasteiger partial charge in [-0.15, -0.1) is 11.3 Å². The van der Waals surface area contributed by atoms with Gasteiger partial charge in [0.15, 0.2) is 0 Å². The van der Waals surface area contributed by atoms with Crippen LogP contribution in [0, 0.1) is 22.7 Å². The fraction of sp³-hybridized carbons (Fsp3) is 0.158. The predicted molar refractivity (Wildman–Crippen MR) is 104 cm³/mol. The first kappa shape index (κ1) is 18.2. The molecule has 1 aromatic carbocycles. The van der Waals surface area contributed by atoms with E-state index in [1.54, 1.807) is 19.1 Å². The van der Waals surface area contributed by atoms with Crippen molar-refractivity contribution in [3.05, 3.63) is 35.5 Å². The number of carbonyl (C=O) groups excluding carboxylic acids is 1. The number of rotatable bonds is 4. The third-order valence-corrected chi connectivity index (χ3v) is 4.86. The quantitative estimate of drug-likeness (QED) is 0.669. The van der Waals surface area contributed by atoms with Crippen LogP contribution in [0.4, 0.5) is 11.4 Å². The van der Waals surface area contributed by atoms with Gasteiger partial charge in [0.2, 0.25) is 5.91 Å². The molecule has 0 fully saturated rings. The zero-order valence-electron chi connectivity index (χ0n) is 14.7. The number of nitrogen functional groups attached to an aromatic ring is 1. The summed E-state index contributed by atoms with van der Waals surface area (Å²) in [4.78, 5) is 17.4. The third-order valence-electron chi connectivity index (χ3n) is 3.78. The first-order chi connectivity index (χ1) is 13.0. The topological polar surface area (TPSA) is 125 Å². The summed E-state index contributed by atoms with van der Waals surface area (Å²) in [5.74, 6) is 0.0244. The Labute approximate surface area is 159 Å². The standard InChI is InChI=1S/C19H15N5O2S/c1-3-26-15-6-14(22)17(13(8-21)18(15)24-10(2)25)16-5-12-4-11(7-20)9-23-19(12)27-16/h4-6,9H,3,22H2,1-2H3,(H,24,25). The number of nitriles is 2. The number of anilines is 2. The van der Waals surface area contributed by atoms with E-state index in [0.29, 0.717) is 34.9 Å². The van der Waals surface area contributed by atoms with Crippen molar-refractivity contribution in [2.45, 2.75) is 13.8 Å². The van der Waals surface area contributed by atoms with Crippen LogP contribution in [0.3, 0.4) is 0 Å². The molecule has 7 nitrogen and oxygen atoms in total. The van der Waals surface area contributed by atoms with Crippen molar-refractivity contribution in [2.24, 2.45) is 0 Å². The average molecular weight is 377 g/mol. The second-order valence-corrected chi connectivity index (χ2v) is 6.69. The number of amides is 1. The number of hydrogen-bond acceptors (Lipinski definition) is 7. The highest BCUT2D eigenvalue weighted by molar-refractivity contribution is 7.21. The Kier molecular flexibility index (Phi) is 4.93. The molecule has 0 bridgehead atoms. The van der Waals surface area contributed by atoms with Crippen LogP contribution in [0.25, 0.3) is 20.7 Å². The van der Waals surface area contributed by atoms with E-state index < -0.39 is 0 Å². The van der Waals surface area contributed by atoms with Crippen molar-refractivity contribution in [3.63, 3.8) is 0 Å². The number of aromatic nitrogens is 1. The number of pyridine rings is 1. The number of benzene rings is 1. The van der Waals surface area contributed by atoms with Crippen molar-refractivity contribution < 1.29 is 9.53 Å². The van der Waals surface area contributed by atoms with E-state index in [1.165, 1.54) is 24.5 Å². The van der Waals surface area contributed by atoms with E-state index in [4.69, 9.17) is 15.7 Å². The summed E-state index contributed by atoms with van der Waals surface area (Å²) in [6.07, 6.45) is 1.50. The van der Waals surface area contributed by atoms with Crippen molar-refractivity contribution in [3.8, 4) is 28.3 Å². The number of carbonyl (C=O) groups is 1. The fourth-order valence-electron chi connectivity index (χ4n) is 2.74. The van der Waals surface area contributed by atoms with Gasteiger partial charge in [0.1, 0.15) is 28.4 Å². The summed E-state index contributed by atoms with van der Waals surface area (Å²) < 4.78 is 5.55. The van der Waals surface area contributed by atoms with Gasteiger partial charge in [-0.25, -0.2) is 4.98 Å². The highest BCUT2D eigenvalue weighted by atomic mass is 32.1. The Balaban J connectivity index is 2.27. The van der Waals surface area contributed by atoms with E-state index in [2.05, 4.69) is 22.4 Å². The molecule has 3 rings (SSSR count). The van der Waals surface area contributed by atoms with Crippen molar-refractivity contribution in [1.82, 2.24) is 4.98 Å². The molecule has 3 aromatic rings. The lowest BCUT2D eigenvalue weighted by Gasteiger charge is -2.16. The molecule has 0 unspecified atom stereocenters.